The molecule has 0 unspecified atom stereocenters. The zero-order chi connectivity index (χ0) is 22.9. The first-order valence-corrected chi connectivity index (χ1v) is 13.7. The molecular formula is C21H28N4O5S2. The highest BCUT2D eigenvalue weighted by Gasteiger charge is 2.25. The van der Waals surface area contributed by atoms with E-state index in [0.29, 0.717) is 11.7 Å². The predicted molar refractivity (Wildman–Crippen MR) is 125 cm³/mol. The van der Waals surface area contributed by atoms with Crippen molar-refractivity contribution in [1.82, 2.24) is 9.88 Å². The van der Waals surface area contributed by atoms with E-state index in [-0.39, 0.29) is 20.7 Å². The maximum Gasteiger partial charge on any atom is 0.288 e. The van der Waals surface area contributed by atoms with Gasteiger partial charge in [0.1, 0.15) is 4.70 Å². The molecule has 174 valence electrons. The molecule has 2 fully saturated rings. The lowest BCUT2D eigenvalue weighted by atomic mass is 9.89. The summed E-state index contributed by atoms with van der Waals surface area (Å²) < 4.78 is 24.0. The van der Waals surface area contributed by atoms with Crippen molar-refractivity contribution in [1.29, 1.82) is 0 Å². The number of fused-ring (bicyclic) bond motifs is 1. The number of non-ortho nitro benzene ring substituents is 1. The highest BCUT2D eigenvalue weighted by atomic mass is 32.2. The number of nitro benzene ring substituents is 1. The zero-order valence-corrected chi connectivity index (χ0v) is 19.8. The van der Waals surface area contributed by atoms with Crippen LogP contribution in [0.2, 0.25) is 0 Å². The van der Waals surface area contributed by atoms with Crippen molar-refractivity contribution in [3.8, 4) is 0 Å². The van der Waals surface area contributed by atoms with E-state index in [1.807, 2.05) is 4.90 Å². The minimum Gasteiger partial charge on any atom is -0.347 e. The summed E-state index contributed by atoms with van der Waals surface area (Å²) in [7, 11) is -3.70. The summed E-state index contributed by atoms with van der Waals surface area (Å²) in [4.78, 5) is 32.2. The van der Waals surface area contributed by atoms with Gasteiger partial charge < -0.3 is 9.80 Å². The highest BCUT2D eigenvalue weighted by molar-refractivity contribution is 7.90. The average Bonchev–Trinajstić information content (AvgIpc) is 2.98. The molecule has 9 nitrogen and oxygen atoms in total. The number of hydrogen-bond acceptors (Lipinski definition) is 9. The van der Waals surface area contributed by atoms with Crippen LogP contribution in [0.15, 0.2) is 21.8 Å². The van der Waals surface area contributed by atoms with Crippen LogP contribution in [0.1, 0.15) is 38.5 Å². The van der Waals surface area contributed by atoms with Crippen molar-refractivity contribution >= 4 is 42.1 Å². The van der Waals surface area contributed by atoms with E-state index in [0.717, 1.165) is 62.2 Å². The zero-order valence-electron chi connectivity index (χ0n) is 18.2. The molecule has 0 bridgehead atoms. The van der Waals surface area contributed by atoms with E-state index in [2.05, 4.69) is 9.88 Å². The van der Waals surface area contributed by atoms with Gasteiger partial charge in [-0.25, -0.2) is 8.42 Å². The number of hydrogen-bond donors (Lipinski definition) is 0. The number of rotatable bonds is 5. The van der Waals surface area contributed by atoms with Crippen molar-refractivity contribution < 1.29 is 13.3 Å². The lowest BCUT2D eigenvalue weighted by Gasteiger charge is -2.28. The summed E-state index contributed by atoms with van der Waals surface area (Å²) in [5, 5.41) is 12.1. The molecule has 0 amide bonds. The molecule has 1 saturated heterocycles. The smallest absolute Gasteiger partial charge is 0.288 e. The van der Waals surface area contributed by atoms with Crippen LogP contribution in [0.4, 0.5) is 10.8 Å². The molecule has 1 aromatic carbocycles. The molecule has 2 aliphatic rings. The number of nitro groups is 1. The Labute approximate surface area is 191 Å². The molecule has 32 heavy (non-hydrogen) atoms. The van der Waals surface area contributed by atoms with Gasteiger partial charge in [0.15, 0.2) is 15.0 Å². The second-order valence-corrected chi connectivity index (χ2v) is 11.8. The van der Waals surface area contributed by atoms with Crippen LogP contribution in [0.3, 0.4) is 0 Å². The number of aromatic nitrogens is 1. The first kappa shape index (κ1) is 23.1. The summed E-state index contributed by atoms with van der Waals surface area (Å²) in [6, 6.07) is 2.23. The summed E-state index contributed by atoms with van der Waals surface area (Å²) in [6.45, 7) is 4.40. The minimum absolute atomic E-state index is 0.0258. The molecule has 1 aromatic heterocycles. The molecular weight excluding hydrogens is 452 g/mol. The van der Waals surface area contributed by atoms with Crippen molar-refractivity contribution in [2.45, 2.75) is 43.4 Å². The third-order valence-electron chi connectivity index (χ3n) is 6.39. The summed E-state index contributed by atoms with van der Waals surface area (Å²) in [6.07, 6.45) is 8.47. The van der Waals surface area contributed by atoms with Gasteiger partial charge in [0, 0.05) is 38.5 Å². The average molecular weight is 481 g/mol. The van der Waals surface area contributed by atoms with Crippen LogP contribution in [-0.4, -0.2) is 62.2 Å². The number of sulfone groups is 1. The first-order chi connectivity index (χ1) is 15.2. The Hall–Kier alpha value is -2.11. The van der Waals surface area contributed by atoms with Crippen molar-refractivity contribution in [2.75, 3.05) is 43.9 Å². The Kier molecular flexibility index (Phi) is 6.78. The lowest BCUT2D eigenvalue weighted by molar-refractivity contribution is -0.383. The predicted octanol–water partition coefficient (Wildman–Crippen LogP) is 3.06. The monoisotopic (exact) mass is 480 g/mol. The van der Waals surface area contributed by atoms with Gasteiger partial charge in [-0.2, -0.15) is 4.98 Å². The largest absolute Gasteiger partial charge is 0.347 e. The van der Waals surface area contributed by atoms with E-state index >= 15 is 0 Å². The van der Waals surface area contributed by atoms with E-state index < -0.39 is 20.3 Å². The van der Waals surface area contributed by atoms with Gasteiger partial charge in [0.05, 0.1) is 15.2 Å². The van der Waals surface area contributed by atoms with Crippen LogP contribution in [0.5, 0.6) is 0 Å². The van der Waals surface area contributed by atoms with Crippen LogP contribution in [0, 0.1) is 16.0 Å². The molecule has 0 radical (unpaired) electrons. The van der Waals surface area contributed by atoms with E-state index in [1.165, 1.54) is 38.2 Å². The standard InChI is InChI=1S/C21H28N4O5S2/c1-32(29,30)16-12-17-19(18(13-16)25(27)28)31-21(22-20(17)26)24-9-5-8-23(10-11-24)14-15-6-3-2-4-7-15/h12-13,15H,2-11,14H2,1H3. The Morgan fingerprint density at radius 2 is 1.88 bits per heavy atom. The van der Waals surface area contributed by atoms with E-state index in [4.69, 9.17) is 0 Å². The molecule has 1 aliphatic carbocycles. The van der Waals surface area contributed by atoms with Gasteiger partial charge >= 0.3 is 0 Å². The highest BCUT2D eigenvalue weighted by Crippen LogP contribution is 2.34. The van der Waals surface area contributed by atoms with Crippen molar-refractivity contribution in [3.05, 3.63) is 32.6 Å². The van der Waals surface area contributed by atoms with Gasteiger partial charge in [-0.3, -0.25) is 14.9 Å². The Morgan fingerprint density at radius 3 is 2.56 bits per heavy atom. The van der Waals surface area contributed by atoms with Gasteiger partial charge in [0.25, 0.3) is 11.2 Å². The fourth-order valence-corrected chi connectivity index (χ4v) is 6.45. The van der Waals surface area contributed by atoms with Crippen molar-refractivity contribution in [2.24, 2.45) is 5.92 Å². The quantitative estimate of drug-likeness (QED) is 0.474. The van der Waals surface area contributed by atoms with Crippen LogP contribution in [0.25, 0.3) is 10.1 Å². The maximum absolute atomic E-state index is 12.8. The summed E-state index contributed by atoms with van der Waals surface area (Å²) in [5.74, 6) is 0.761. The van der Waals surface area contributed by atoms with Crippen LogP contribution in [-0.2, 0) is 9.84 Å². The molecule has 1 saturated carbocycles. The number of anilines is 1. The second kappa shape index (κ2) is 9.40. The molecule has 2 aromatic rings. The second-order valence-electron chi connectivity index (χ2n) is 8.80. The molecule has 11 heteroatoms. The Bertz CT molecular complexity index is 1170. The molecule has 0 atom stereocenters. The number of benzene rings is 1. The molecule has 2 heterocycles. The number of nitrogens with zero attached hydrogens (tertiary/aromatic N) is 4. The fourth-order valence-electron chi connectivity index (χ4n) is 4.68. The van der Waals surface area contributed by atoms with Crippen LogP contribution >= 0.6 is 11.3 Å². The SMILES string of the molecule is CS(=O)(=O)c1cc([N+](=O)[O-])c2sc(N3CCCN(CC4CCCCC4)CC3)nc(=O)c2c1. The molecule has 0 spiro atoms. The lowest BCUT2D eigenvalue weighted by Crippen LogP contribution is -2.35. The van der Waals surface area contributed by atoms with Crippen LogP contribution < -0.4 is 10.5 Å². The topological polar surface area (TPSA) is 114 Å². The Morgan fingerprint density at radius 1 is 1.12 bits per heavy atom. The molecule has 4 rings (SSSR count). The minimum atomic E-state index is -3.70. The fraction of sp³-hybridized carbons (Fsp3) is 0.619. The van der Waals surface area contributed by atoms with Crippen molar-refractivity contribution in [3.63, 3.8) is 0 Å². The Balaban J connectivity index is 1.61. The van der Waals surface area contributed by atoms with Gasteiger partial charge in [0.2, 0.25) is 0 Å². The van der Waals surface area contributed by atoms with E-state index in [9.17, 15) is 23.3 Å². The molecule has 0 N–H and O–H groups in total. The first-order valence-electron chi connectivity index (χ1n) is 11.0. The maximum atomic E-state index is 12.8. The van der Waals surface area contributed by atoms with E-state index in [1.54, 1.807) is 0 Å². The van der Waals surface area contributed by atoms with Gasteiger partial charge in [-0.15, -0.1) is 0 Å². The normalized spacial score (nSPS) is 19.2. The third-order valence-corrected chi connectivity index (χ3v) is 8.65. The van der Waals surface area contributed by atoms with Gasteiger partial charge in [-0.1, -0.05) is 30.6 Å². The van der Waals surface area contributed by atoms with Gasteiger partial charge in [-0.05, 0) is 37.8 Å². The third kappa shape index (κ3) is 5.10. The summed E-state index contributed by atoms with van der Waals surface area (Å²) >= 11 is 1.09. The molecule has 1 aliphatic heterocycles. The summed E-state index contributed by atoms with van der Waals surface area (Å²) in [5.41, 5.74) is -1.01.